The Bertz CT molecular complexity index is 1600. The Morgan fingerprint density at radius 2 is 1.57 bits per heavy atom. The summed E-state index contributed by atoms with van der Waals surface area (Å²) in [4.78, 5) is 26.0. The van der Waals surface area contributed by atoms with Crippen LogP contribution in [-0.2, 0) is 11.4 Å². The Hall–Kier alpha value is -5.57. The van der Waals surface area contributed by atoms with Crippen molar-refractivity contribution in [2.45, 2.75) is 13.5 Å². The third-order valence-electron chi connectivity index (χ3n) is 6.12. The smallest absolute Gasteiger partial charge is 0.287 e. The lowest BCUT2D eigenvalue weighted by molar-refractivity contribution is -0.117. The number of nitrogens with one attached hydrogen (secondary N) is 2. The zero-order valence-electron chi connectivity index (χ0n) is 22.9. The van der Waals surface area contributed by atoms with Crippen LogP contribution in [0.15, 0.2) is 108 Å². The van der Waals surface area contributed by atoms with Gasteiger partial charge in [-0.1, -0.05) is 54.6 Å². The highest BCUT2D eigenvalue weighted by Crippen LogP contribution is 2.33. The fourth-order valence-corrected chi connectivity index (χ4v) is 4.07. The van der Waals surface area contributed by atoms with Gasteiger partial charge in [-0.2, -0.15) is 5.10 Å². The number of carbonyl (C=O) groups is 2. The minimum atomic E-state index is -0.610. The van der Waals surface area contributed by atoms with Crippen LogP contribution in [0, 0.1) is 0 Å². The number of hydrogen-bond donors (Lipinski definition) is 2. The number of carbonyl (C=O) groups excluding carboxylic acids is 2. The predicted octanol–water partition coefficient (Wildman–Crippen LogP) is 5.31. The first-order valence-corrected chi connectivity index (χ1v) is 13.3. The second-order valence-electron chi connectivity index (χ2n) is 9.10. The lowest BCUT2D eigenvalue weighted by atomic mass is 10.1. The summed E-state index contributed by atoms with van der Waals surface area (Å²) >= 11 is 0. The van der Waals surface area contributed by atoms with E-state index in [0.29, 0.717) is 52.9 Å². The fraction of sp³-hybridized carbons (Fsp3) is 0.121. The van der Waals surface area contributed by atoms with Crippen LogP contribution < -0.4 is 29.7 Å². The van der Waals surface area contributed by atoms with Gasteiger partial charge in [0, 0.05) is 5.56 Å². The summed E-state index contributed by atoms with van der Waals surface area (Å²) in [7, 11) is 0. The van der Waals surface area contributed by atoms with Crippen LogP contribution in [-0.4, -0.2) is 31.4 Å². The average molecular weight is 564 g/mol. The predicted molar refractivity (Wildman–Crippen MR) is 159 cm³/mol. The maximum Gasteiger partial charge on any atom is 0.287 e. The number of rotatable bonds is 11. The highest BCUT2D eigenvalue weighted by atomic mass is 16.7. The minimum Gasteiger partial charge on any atom is -0.490 e. The van der Waals surface area contributed by atoms with Crippen LogP contribution in [0.5, 0.6) is 23.0 Å². The van der Waals surface area contributed by atoms with Crippen LogP contribution in [0.25, 0.3) is 6.08 Å². The molecule has 4 aromatic carbocycles. The molecule has 0 fully saturated rings. The Kier molecular flexibility index (Phi) is 9.11. The molecule has 0 atom stereocenters. The van der Waals surface area contributed by atoms with Crippen molar-refractivity contribution in [1.29, 1.82) is 0 Å². The van der Waals surface area contributed by atoms with E-state index in [9.17, 15) is 9.59 Å². The van der Waals surface area contributed by atoms with Crippen molar-refractivity contribution in [2.24, 2.45) is 5.10 Å². The molecule has 0 bridgehead atoms. The van der Waals surface area contributed by atoms with Crippen molar-refractivity contribution in [3.8, 4) is 23.0 Å². The standard InChI is InChI=1S/C33H29N3O6/c1-2-39-30-19-25(14-16-28(30)40-21-23-9-5-3-6-10-23)20-34-36-33(38)27(35-32(37)26-11-7-4-8-12-26)17-24-13-15-29-31(18-24)42-22-41-29/h3-20H,2,21-22H2,1H3,(H,35,37)(H,36,38)/b27-17+,34-20+. The Balaban J connectivity index is 1.30. The summed E-state index contributed by atoms with van der Waals surface area (Å²) in [6.45, 7) is 2.87. The molecule has 1 heterocycles. The van der Waals surface area contributed by atoms with Gasteiger partial charge in [0.05, 0.1) is 12.8 Å². The van der Waals surface area contributed by atoms with E-state index >= 15 is 0 Å². The molecule has 1 aliphatic heterocycles. The van der Waals surface area contributed by atoms with Crippen LogP contribution in [0.2, 0.25) is 0 Å². The molecule has 9 heteroatoms. The van der Waals surface area contributed by atoms with Crippen molar-refractivity contribution < 1.29 is 28.5 Å². The van der Waals surface area contributed by atoms with Crippen LogP contribution in [0.4, 0.5) is 0 Å². The van der Waals surface area contributed by atoms with Crippen LogP contribution in [0.3, 0.4) is 0 Å². The molecule has 212 valence electrons. The second-order valence-corrected chi connectivity index (χ2v) is 9.10. The normalized spacial score (nSPS) is 12.2. The molecule has 5 rings (SSSR count). The van der Waals surface area contributed by atoms with Gasteiger partial charge >= 0.3 is 0 Å². The zero-order valence-corrected chi connectivity index (χ0v) is 22.9. The maximum atomic E-state index is 13.2. The molecule has 0 saturated heterocycles. The monoisotopic (exact) mass is 563 g/mol. The van der Waals surface area contributed by atoms with Crippen molar-refractivity contribution in [3.63, 3.8) is 0 Å². The Morgan fingerprint density at radius 3 is 2.36 bits per heavy atom. The number of hydrazone groups is 1. The van der Waals surface area contributed by atoms with E-state index < -0.39 is 11.8 Å². The fourth-order valence-electron chi connectivity index (χ4n) is 4.07. The summed E-state index contributed by atoms with van der Waals surface area (Å²) < 4.78 is 22.5. The lowest BCUT2D eigenvalue weighted by Gasteiger charge is -2.12. The van der Waals surface area contributed by atoms with E-state index in [1.165, 1.54) is 6.21 Å². The maximum absolute atomic E-state index is 13.2. The SMILES string of the molecule is CCOc1cc(/C=N/NC(=O)/C(=C\c2ccc3c(c2)OCO3)NC(=O)c2ccccc2)ccc1OCc1ccccc1. The molecular formula is C33H29N3O6. The van der Waals surface area contributed by atoms with E-state index in [1.807, 2.05) is 37.3 Å². The molecule has 0 aromatic heterocycles. The molecule has 0 aliphatic carbocycles. The van der Waals surface area contributed by atoms with Crippen molar-refractivity contribution >= 4 is 24.1 Å². The molecule has 2 N–H and O–H groups in total. The number of amides is 2. The molecule has 2 amide bonds. The molecule has 0 unspecified atom stereocenters. The third-order valence-corrected chi connectivity index (χ3v) is 6.12. The largest absolute Gasteiger partial charge is 0.490 e. The number of fused-ring (bicyclic) bond motifs is 1. The first-order valence-electron chi connectivity index (χ1n) is 13.3. The number of nitrogens with zero attached hydrogens (tertiary/aromatic N) is 1. The van der Waals surface area contributed by atoms with E-state index in [4.69, 9.17) is 18.9 Å². The van der Waals surface area contributed by atoms with Gasteiger partial charge in [-0.05, 0) is 72.2 Å². The zero-order chi connectivity index (χ0) is 29.1. The van der Waals surface area contributed by atoms with Crippen LogP contribution >= 0.6 is 0 Å². The van der Waals surface area contributed by atoms with Gasteiger partial charge in [-0.15, -0.1) is 0 Å². The molecule has 1 aliphatic rings. The van der Waals surface area contributed by atoms with Gasteiger partial charge in [0.15, 0.2) is 23.0 Å². The Morgan fingerprint density at radius 1 is 0.833 bits per heavy atom. The van der Waals surface area contributed by atoms with E-state index in [2.05, 4.69) is 15.8 Å². The van der Waals surface area contributed by atoms with Gasteiger partial charge in [0.2, 0.25) is 6.79 Å². The third kappa shape index (κ3) is 7.33. The molecule has 9 nitrogen and oxygen atoms in total. The molecule has 0 saturated carbocycles. The minimum absolute atomic E-state index is 0.000432. The summed E-state index contributed by atoms with van der Waals surface area (Å²) in [6.07, 6.45) is 3.03. The van der Waals surface area contributed by atoms with Gasteiger partial charge in [-0.25, -0.2) is 5.43 Å². The summed E-state index contributed by atoms with van der Waals surface area (Å²) in [6, 6.07) is 29.1. The summed E-state index contributed by atoms with van der Waals surface area (Å²) in [5, 5.41) is 6.80. The van der Waals surface area contributed by atoms with Crippen molar-refractivity contribution in [2.75, 3.05) is 13.4 Å². The highest BCUT2D eigenvalue weighted by Gasteiger charge is 2.17. The second kappa shape index (κ2) is 13.7. The van der Waals surface area contributed by atoms with Gasteiger partial charge < -0.3 is 24.3 Å². The van der Waals surface area contributed by atoms with Crippen LogP contribution in [0.1, 0.15) is 34.0 Å². The Labute approximate surface area is 243 Å². The van der Waals surface area contributed by atoms with E-state index in [0.717, 1.165) is 5.56 Å². The molecular weight excluding hydrogens is 534 g/mol. The quantitative estimate of drug-likeness (QED) is 0.145. The topological polar surface area (TPSA) is 107 Å². The molecule has 4 aromatic rings. The van der Waals surface area contributed by atoms with Gasteiger partial charge in [0.25, 0.3) is 11.8 Å². The first-order chi connectivity index (χ1) is 20.6. The van der Waals surface area contributed by atoms with Crippen molar-refractivity contribution in [3.05, 3.63) is 125 Å². The molecule has 0 spiro atoms. The first kappa shape index (κ1) is 28.0. The van der Waals surface area contributed by atoms with E-state index in [1.54, 1.807) is 72.8 Å². The summed E-state index contributed by atoms with van der Waals surface area (Å²) in [5.41, 5.74) is 5.25. The van der Waals surface area contributed by atoms with Gasteiger partial charge in [-0.3, -0.25) is 9.59 Å². The summed E-state index contributed by atoms with van der Waals surface area (Å²) in [5.74, 6) is 1.27. The number of ether oxygens (including phenoxy) is 4. The number of benzene rings is 4. The molecule has 42 heavy (non-hydrogen) atoms. The van der Waals surface area contributed by atoms with Gasteiger partial charge in [0.1, 0.15) is 12.3 Å². The number of hydrogen-bond acceptors (Lipinski definition) is 7. The lowest BCUT2D eigenvalue weighted by Crippen LogP contribution is -2.32. The van der Waals surface area contributed by atoms with Crippen molar-refractivity contribution in [1.82, 2.24) is 10.7 Å². The molecule has 0 radical (unpaired) electrons. The highest BCUT2D eigenvalue weighted by molar-refractivity contribution is 6.05. The average Bonchev–Trinajstić information content (AvgIpc) is 3.49. The van der Waals surface area contributed by atoms with E-state index in [-0.39, 0.29) is 12.5 Å².